The van der Waals surface area contributed by atoms with Crippen molar-refractivity contribution < 1.29 is 18.0 Å². The molecule has 1 heterocycles. The maximum absolute atomic E-state index is 12.5. The highest BCUT2D eigenvalue weighted by Gasteiger charge is 2.27. The van der Waals surface area contributed by atoms with Crippen LogP contribution in [-0.2, 0) is 14.6 Å². The molecular formula is C24H22N4O4S. The summed E-state index contributed by atoms with van der Waals surface area (Å²) in [5.74, 6) is -0.621. The first-order valence-corrected chi connectivity index (χ1v) is 11.9. The number of hydrogen-bond donors (Lipinski definition) is 4. The second kappa shape index (κ2) is 8.44. The van der Waals surface area contributed by atoms with E-state index in [2.05, 4.69) is 16.0 Å². The number of carbonyl (C=O) groups is 2. The van der Waals surface area contributed by atoms with E-state index >= 15 is 0 Å². The van der Waals surface area contributed by atoms with Gasteiger partial charge in [-0.1, -0.05) is 12.1 Å². The third-order valence-corrected chi connectivity index (χ3v) is 6.34. The van der Waals surface area contributed by atoms with Crippen LogP contribution in [0.25, 0.3) is 5.57 Å². The van der Waals surface area contributed by atoms with Crippen LogP contribution in [0.1, 0.15) is 22.8 Å². The van der Waals surface area contributed by atoms with Gasteiger partial charge in [-0.2, -0.15) is 0 Å². The third-order valence-electron chi connectivity index (χ3n) is 5.23. The van der Waals surface area contributed by atoms with Gasteiger partial charge in [0.25, 0.3) is 11.8 Å². The van der Waals surface area contributed by atoms with Gasteiger partial charge in [-0.15, -0.1) is 0 Å². The van der Waals surface area contributed by atoms with E-state index < -0.39 is 9.84 Å². The number of nitrogens with two attached hydrogens (primary N) is 1. The van der Waals surface area contributed by atoms with E-state index in [0.717, 1.165) is 6.26 Å². The monoisotopic (exact) mass is 462 g/mol. The average Bonchev–Trinajstić information content (AvgIpc) is 3.10. The van der Waals surface area contributed by atoms with E-state index in [0.29, 0.717) is 45.1 Å². The molecule has 3 aromatic carbocycles. The van der Waals surface area contributed by atoms with Gasteiger partial charge in [0.15, 0.2) is 9.84 Å². The van der Waals surface area contributed by atoms with Crippen molar-refractivity contribution in [2.24, 2.45) is 0 Å². The normalized spacial score (nSPS) is 14.3. The number of anilines is 4. The maximum Gasteiger partial charge on any atom is 0.258 e. The molecule has 8 nitrogen and oxygen atoms in total. The molecule has 0 saturated heterocycles. The molecule has 1 aliphatic rings. The Hall–Kier alpha value is -4.11. The van der Waals surface area contributed by atoms with Gasteiger partial charge in [0.05, 0.1) is 21.8 Å². The van der Waals surface area contributed by atoms with Crippen molar-refractivity contribution in [3.63, 3.8) is 0 Å². The molecule has 0 fully saturated rings. The fourth-order valence-corrected chi connectivity index (χ4v) is 4.19. The number of carbonyl (C=O) groups excluding carboxylic acids is 2. The SMILES string of the molecule is C/C(Nc1ccc(C(=O)Nc2ccccc2N)cc1)=C1/C(=O)Nc2ccc(S(C)(=O)=O)cc21. The van der Waals surface area contributed by atoms with Crippen molar-refractivity contribution in [1.29, 1.82) is 0 Å². The zero-order valence-corrected chi connectivity index (χ0v) is 18.8. The second-order valence-electron chi connectivity index (χ2n) is 7.68. The van der Waals surface area contributed by atoms with E-state index in [1.54, 1.807) is 61.5 Å². The fourth-order valence-electron chi connectivity index (χ4n) is 3.54. The average molecular weight is 463 g/mol. The van der Waals surface area contributed by atoms with Crippen molar-refractivity contribution in [2.75, 3.05) is 27.9 Å². The molecule has 0 unspecified atom stereocenters. The topological polar surface area (TPSA) is 130 Å². The van der Waals surface area contributed by atoms with Crippen LogP contribution in [-0.4, -0.2) is 26.5 Å². The lowest BCUT2D eigenvalue weighted by Crippen LogP contribution is -2.13. The van der Waals surface area contributed by atoms with Crippen LogP contribution in [0.4, 0.5) is 22.7 Å². The van der Waals surface area contributed by atoms with Crippen molar-refractivity contribution >= 4 is 50.0 Å². The first-order valence-electron chi connectivity index (χ1n) is 10.0. The lowest BCUT2D eigenvalue weighted by atomic mass is 10.1. The summed E-state index contributed by atoms with van der Waals surface area (Å²) < 4.78 is 23.9. The number of hydrogen-bond acceptors (Lipinski definition) is 6. The zero-order valence-electron chi connectivity index (χ0n) is 18.0. The molecule has 1 aliphatic heterocycles. The smallest absolute Gasteiger partial charge is 0.258 e. The second-order valence-corrected chi connectivity index (χ2v) is 9.69. The minimum Gasteiger partial charge on any atom is -0.397 e. The van der Waals surface area contributed by atoms with Crippen molar-refractivity contribution in [1.82, 2.24) is 0 Å². The molecule has 0 bridgehead atoms. The summed E-state index contributed by atoms with van der Waals surface area (Å²) in [5.41, 5.74) is 9.95. The predicted molar refractivity (Wildman–Crippen MR) is 130 cm³/mol. The molecule has 2 amide bonds. The van der Waals surface area contributed by atoms with Crippen LogP contribution in [0, 0.1) is 0 Å². The van der Waals surface area contributed by atoms with Crippen LogP contribution in [0.3, 0.4) is 0 Å². The lowest BCUT2D eigenvalue weighted by molar-refractivity contribution is -0.110. The molecule has 0 aromatic heterocycles. The van der Waals surface area contributed by atoms with Crippen LogP contribution in [0.5, 0.6) is 0 Å². The zero-order chi connectivity index (χ0) is 23.8. The Labute approximate surface area is 191 Å². The molecule has 0 saturated carbocycles. The Morgan fingerprint density at radius 2 is 1.67 bits per heavy atom. The van der Waals surface area contributed by atoms with Gasteiger partial charge in [-0.25, -0.2) is 8.42 Å². The van der Waals surface area contributed by atoms with Crippen LogP contribution in [0.15, 0.2) is 77.3 Å². The minimum absolute atomic E-state index is 0.137. The number of para-hydroxylation sites is 2. The fraction of sp³-hybridized carbons (Fsp3) is 0.0833. The largest absolute Gasteiger partial charge is 0.397 e. The van der Waals surface area contributed by atoms with Gasteiger partial charge in [-0.3, -0.25) is 9.59 Å². The predicted octanol–water partition coefficient (Wildman–Crippen LogP) is 3.72. The number of nitrogens with one attached hydrogen (secondary N) is 3. The van der Waals surface area contributed by atoms with E-state index in [1.807, 2.05) is 0 Å². The number of amides is 2. The van der Waals surface area contributed by atoms with Crippen molar-refractivity contribution in [2.45, 2.75) is 11.8 Å². The molecule has 0 atom stereocenters. The summed E-state index contributed by atoms with van der Waals surface area (Å²) in [6.07, 6.45) is 1.12. The molecule has 168 valence electrons. The summed E-state index contributed by atoms with van der Waals surface area (Å²) in [6, 6.07) is 18.3. The lowest BCUT2D eigenvalue weighted by Gasteiger charge is -2.11. The number of nitrogen functional groups attached to an aromatic ring is 1. The van der Waals surface area contributed by atoms with Crippen LogP contribution in [0.2, 0.25) is 0 Å². The van der Waals surface area contributed by atoms with Gasteiger partial charge in [0.2, 0.25) is 0 Å². The Morgan fingerprint density at radius 1 is 0.970 bits per heavy atom. The summed E-state index contributed by atoms with van der Waals surface area (Å²) in [7, 11) is -3.42. The van der Waals surface area contributed by atoms with Gasteiger partial charge in [0, 0.05) is 34.5 Å². The van der Waals surface area contributed by atoms with Gasteiger partial charge >= 0.3 is 0 Å². The maximum atomic E-state index is 12.5. The molecule has 9 heteroatoms. The molecule has 5 N–H and O–H groups in total. The summed E-state index contributed by atoms with van der Waals surface area (Å²) in [5, 5.41) is 8.68. The highest BCUT2D eigenvalue weighted by Crippen LogP contribution is 2.35. The number of sulfone groups is 1. The first kappa shape index (κ1) is 22.1. The van der Waals surface area contributed by atoms with Crippen LogP contribution >= 0.6 is 0 Å². The van der Waals surface area contributed by atoms with E-state index in [9.17, 15) is 18.0 Å². The summed E-state index contributed by atoms with van der Waals surface area (Å²) in [6.45, 7) is 1.73. The molecule has 0 radical (unpaired) electrons. The van der Waals surface area contributed by atoms with Crippen molar-refractivity contribution in [3.8, 4) is 0 Å². The Bertz CT molecular complexity index is 1410. The molecule has 0 spiro atoms. The minimum atomic E-state index is -3.42. The van der Waals surface area contributed by atoms with Crippen molar-refractivity contribution in [3.05, 3.63) is 83.6 Å². The Kier molecular flexibility index (Phi) is 5.65. The Morgan fingerprint density at radius 3 is 2.33 bits per heavy atom. The number of allylic oxidation sites excluding steroid dienone is 1. The van der Waals surface area contributed by atoms with E-state index in [-0.39, 0.29) is 16.7 Å². The summed E-state index contributed by atoms with van der Waals surface area (Å²) >= 11 is 0. The molecule has 33 heavy (non-hydrogen) atoms. The first-order chi connectivity index (χ1) is 15.6. The highest BCUT2D eigenvalue weighted by molar-refractivity contribution is 7.90. The van der Waals surface area contributed by atoms with Gasteiger partial charge in [0.1, 0.15) is 0 Å². The van der Waals surface area contributed by atoms with E-state index in [1.165, 1.54) is 12.1 Å². The quantitative estimate of drug-likeness (QED) is 0.338. The molecule has 4 rings (SSSR count). The standard InChI is InChI=1S/C24H22N4O4S/c1-14(22-18-13-17(33(2,31)32)11-12-20(18)27-24(22)30)26-16-9-7-15(8-10-16)23(29)28-21-6-4-3-5-19(21)25/h3-13,26H,25H2,1-2H3,(H,27,30)(H,28,29)/b22-14-. The molecule has 0 aliphatic carbocycles. The highest BCUT2D eigenvalue weighted by atomic mass is 32.2. The third kappa shape index (κ3) is 4.58. The molecule has 3 aromatic rings. The number of rotatable bonds is 5. The number of fused-ring (bicyclic) bond motifs is 1. The number of benzene rings is 3. The van der Waals surface area contributed by atoms with Gasteiger partial charge in [-0.05, 0) is 61.5 Å². The molecular weight excluding hydrogens is 440 g/mol. The van der Waals surface area contributed by atoms with Crippen LogP contribution < -0.4 is 21.7 Å². The van der Waals surface area contributed by atoms with Gasteiger partial charge < -0.3 is 21.7 Å². The Balaban J connectivity index is 1.56. The van der Waals surface area contributed by atoms with E-state index in [4.69, 9.17) is 5.73 Å². The summed E-state index contributed by atoms with van der Waals surface area (Å²) in [4.78, 5) is 25.2.